The largest absolute Gasteiger partial charge is 0.464 e. The smallest absolute Gasteiger partial charge is 0.356 e. The molecular formula is C13H12IN3O2. The van der Waals surface area contributed by atoms with Gasteiger partial charge in [0.2, 0.25) is 0 Å². The normalized spacial score (nSPS) is 10.0. The molecule has 19 heavy (non-hydrogen) atoms. The second-order valence-electron chi connectivity index (χ2n) is 3.76. The SMILES string of the molecule is COC(=O)c1ccc(N)c(Nc2ccc(I)cc2)n1. The van der Waals surface area contributed by atoms with Gasteiger partial charge in [-0.15, -0.1) is 0 Å². The van der Waals surface area contributed by atoms with Crippen LogP contribution in [0.2, 0.25) is 0 Å². The lowest BCUT2D eigenvalue weighted by atomic mass is 10.3. The van der Waals surface area contributed by atoms with Crippen LogP contribution >= 0.6 is 22.6 Å². The first kappa shape index (κ1) is 13.6. The van der Waals surface area contributed by atoms with Gasteiger partial charge in [-0.2, -0.15) is 0 Å². The van der Waals surface area contributed by atoms with E-state index in [9.17, 15) is 4.79 Å². The average Bonchev–Trinajstić information content (AvgIpc) is 2.43. The first-order valence-corrected chi connectivity index (χ1v) is 6.55. The van der Waals surface area contributed by atoms with Gasteiger partial charge in [-0.3, -0.25) is 0 Å². The number of hydrogen-bond acceptors (Lipinski definition) is 5. The lowest BCUT2D eigenvalue weighted by molar-refractivity contribution is 0.0594. The summed E-state index contributed by atoms with van der Waals surface area (Å²) in [4.78, 5) is 15.6. The number of methoxy groups -OCH3 is 1. The van der Waals surface area contributed by atoms with Gasteiger partial charge < -0.3 is 15.8 Å². The van der Waals surface area contributed by atoms with Gasteiger partial charge in [-0.1, -0.05) is 0 Å². The van der Waals surface area contributed by atoms with E-state index < -0.39 is 5.97 Å². The van der Waals surface area contributed by atoms with E-state index in [-0.39, 0.29) is 5.69 Å². The van der Waals surface area contributed by atoms with E-state index in [1.54, 1.807) is 6.07 Å². The van der Waals surface area contributed by atoms with Gasteiger partial charge in [-0.05, 0) is 59.0 Å². The number of nitrogens with one attached hydrogen (secondary N) is 1. The van der Waals surface area contributed by atoms with Crippen molar-refractivity contribution in [2.45, 2.75) is 0 Å². The van der Waals surface area contributed by atoms with Crippen molar-refractivity contribution in [2.24, 2.45) is 0 Å². The first-order valence-electron chi connectivity index (χ1n) is 5.47. The van der Waals surface area contributed by atoms with Crippen LogP contribution in [0.3, 0.4) is 0 Å². The van der Waals surface area contributed by atoms with Crippen LogP contribution in [-0.4, -0.2) is 18.1 Å². The summed E-state index contributed by atoms with van der Waals surface area (Å²) in [5.41, 5.74) is 7.36. The summed E-state index contributed by atoms with van der Waals surface area (Å²) in [6.07, 6.45) is 0. The van der Waals surface area contributed by atoms with E-state index in [2.05, 4.69) is 37.6 Å². The molecule has 0 aliphatic heterocycles. The zero-order valence-electron chi connectivity index (χ0n) is 10.2. The fraction of sp³-hybridized carbons (Fsp3) is 0.0769. The fourth-order valence-electron chi connectivity index (χ4n) is 1.46. The second-order valence-corrected chi connectivity index (χ2v) is 5.00. The highest BCUT2D eigenvalue weighted by atomic mass is 127. The maximum atomic E-state index is 11.4. The van der Waals surface area contributed by atoms with Gasteiger partial charge in [0, 0.05) is 9.26 Å². The maximum Gasteiger partial charge on any atom is 0.356 e. The van der Waals surface area contributed by atoms with Crippen LogP contribution in [-0.2, 0) is 4.74 Å². The number of ether oxygens (including phenoxy) is 1. The molecule has 0 spiro atoms. The number of pyridine rings is 1. The van der Waals surface area contributed by atoms with Gasteiger partial charge in [0.15, 0.2) is 11.5 Å². The van der Waals surface area contributed by atoms with Gasteiger partial charge >= 0.3 is 5.97 Å². The molecule has 0 amide bonds. The number of benzene rings is 1. The number of nitrogens with zero attached hydrogens (tertiary/aromatic N) is 1. The lowest BCUT2D eigenvalue weighted by Gasteiger charge is -2.09. The molecule has 0 bridgehead atoms. The standard InChI is InChI=1S/C13H12IN3O2/c1-19-13(18)11-7-6-10(15)12(17-11)16-9-4-2-8(14)3-5-9/h2-7H,15H2,1H3,(H,16,17). The lowest BCUT2D eigenvalue weighted by Crippen LogP contribution is -2.07. The first-order chi connectivity index (χ1) is 9.10. The van der Waals surface area contributed by atoms with E-state index in [1.165, 1.54) is 13.2 Å². The van der Waals surface area contributed by atoms with Crippen LogP contribution in [0.4, 0.5) is 17.2 Å². The third kappa shape index (κ3) is 3.34. The Morgan fingerprint density at radius 1 is 1.26 bits per heavy atom. The zero-order valence-corrected chi connectivity index (χ0v) is 12.3. The van der Waals surface area contributed by atoms with Crippen LogP contribution < -0.4 is 11.1 Å². The van der Waals surface area contributed by atoms with E-state index >= 15 is 0 Å². The number of aromatic nitrogens is 1. The van der Waals surface area contributed by atoms with Crippen LogP contribution in [0.25, 0.3) is 0 Å². The predicted octanol–water partition coefficient (Wildman–Crippen LogP) is 2.80. The molecule has 0 unspecified atom stereocenters. The Hall–Kier alpha value is -1.83. The van der Waals surface area contributed by atoms with Crippen molar-refractivity contribution >= 4 is 45.8 Å². The van der Waals surface area contributed by atoms with Gasteiger partial charge in [-0.25, -0.2) is 9.78 Å². The molecular weight excluding hydrogens is 357 g/mol. The van der Waals surface area contributed by atoms with E-state index in [1.807, 2.05) is 24.3 Å². The molecule has 1 heterocycles. The van der Waals surface area contributed by atoms with Crippen molar-refractivity contribution in [3.8, 4) is 0 Å². The summed E-state index contributed by atoms with van der Waals surface area (Å²) in [6.45, 7) is 0. The maximum absolute atomic E-state index is 11.4. The number of nitrogens with two attached hydrogens (primary N) is 1. The molecule has 0 saturated heterocycles. The van der Waals surface area contributed by atoms with Crippen molar-refractivity contribution in [1.82, 2.24) is 4.98 Å². The molecule has 0 fully saturated rings. The minimum Gasteiger partial charge on any atom is -0.464 e. The second kappa shape index (κ2) is 5.87. The Morgan fingerprint density at radius 2 is 1.95 bits per heavy atom. The summed E-state index contributed by atoms with van der Waals surface area (Å²) in [5.74, 6) is -0.0604. The van der Waals surface area contributed by atoms with Crippen LogP contribution in [0.15, 0.2) is 36.4 Å². The highest BCUT2D eigenvalue weighted by Crippen LogP contribution is 2.22. The Labute approximate surface area is 124 Å². The van der Waals surface area contributed by atoms with E-state index in [4.69, 9.17) is 5.73 Å². The molecule has 2 rings (SSSR count). The molecule has 0 radical (unpaired) electrons. The number of esters is 1. The molecule has 0 aliphatic rings. The summed E-state index contributed by atoms with van der Waals surface area (Å²) in [6, 6.07) is 10.9. The zero-order chi connectivity index (χ0) is 13.8. The Bertz CT molecular complexity index is 599. The molecule has 2 aromatic rings. The molecule has 5 nitrogen and oxygen atoms in total. The summed E-state index contributed by atoms with van der Waals surface area (Å²) in [7, 11) is 1.31. The van der Waals surface area contributed by atoms with Crippen LogP contribution in [0, 0.1) is 3.57 Å². The predicted molar refractivity (Wildman–Crippen MR) is 82.4 cm³/mol. The third-order valence-electron chi connectivity index (χ3n) is 2.43. The summed E-state index contributed by atoms with van der Waals surface area (Å²) < 4.78 is 5.76. The number of rotatable bonds is 3. The Balaban J connectivity index is 2.28. The highest BCUT2D eigenvalue weighted by molar-refractivity contribution is 14.1. The van der Waals surface area contributed by atoms with Gasteiger partial charge in [0.25, 0.3) is 0 Å². The molecule has 98 valence electrons. The van der Waals surface area contributed by atoms with Crippen molar-refractivity contribution < 1.29 is 9.53 Å². The number of nitrogen functional groups attached to an aromatic ring is 1. The monoisotopic (exact) mass is 369 g/mol. The van der Waals surface area contributed by atoms with Crippen molar-refractivity contribution in [2.75, 3.05) is 18.2 Å². The Morgan fingerprint density at radius 3 is 2.58 bits per heavy atom. The summed E-state index contributed by atoms with van der Waals surface area (Å²) in [5, 5.41) is 3.07. The Kier molecular flexibility index (Phi) is 4.20. The van der Waals surface area contributed by atoms with Crippen molar-refractivity contribution in [3.63, 3.8) is 0 Å². The number of carbonyl (C=O) groups is 1. The average molecular weight is 369 g/mol. The van der Waals surface area contributed by atoms with Gasteiger partial charge in [0.1, 0.15) is 0 Å². The highest BCUT2D eigenvalue weighted by Gasteiger charge is 2.10. The third-order valence-corrected chi connectivity index (χ3v) is 3.15. The molecule has 3 N–H and O–H groups in total. The molecule has 1 aromatic carbocycles. The molecule has 1 aromatic heterocycles. The van der Waals surface area contributed by atoms with Crippen molar-refractivity contribution in [1.29, 1.82) is 0 Å². The van der Waals surface area contributed by atoms with E-state index in [0.717, 1.165) is 9.26 Å². The molecule has 0 saturated carbocycles. The topological polar surface area (TPSA) is 77.2 Å². The minimum atomic E-state index is -0.495. The quantitative estimate of drug-likeness (QED) is 0.643. The van der Waals surface area contributed by atoms with Gasteiger partial charge in [0.05, 0.1) is 12.8 Å². The number of halogens is 1. The molecule has 0 atom stereocenters. The minimum absolute atomic E-state index is 0.213. The fourth-order valence-corrected chi connectivity index (χ4v) is 1.82. The van der Waals surface area contributed by atoms with Crippen molar-refractivity contribution in [3.05, 3.63) is 45.7 Å². The van der Waals surface area contributed by atoms with Crippen LogP contribution in [0.5, 0.6) is 0 Å². The molecule has 6 heteroatoms. The number of hydrogen-bond donors (Lipinski definition) is 2. The molecule has 0 aliphatic carbocycles. The number of carbonyl (C=O) groups excluding carboxylic acids is 1. The van der Waals surface area contributed by atoms with E-state index in [0.29, 0.717) is 11.5 Å². The number of anilines is 3. The van der Waals surface area contributed by atoms with Crippen LogP contribution in [0.1, 0.15) is 10.5 Å². The summed E-state index contributed by atoms with van der Waals surface area (Å²) >= 11 is 2.22.